The smallest absolute Gasteiger partial charge is 0.270 e. The lowest BCUT2D eigenvalue weighted by molar-refractivity contribution is -0.384. The van der Waals surface area contributed by atoms with E-state index in [9.17, 15) is 14.9 Å². The van der Waals surface area contributed by atoms with Crippen LogP contribution in [0.1, 0.15) is 62.2 Å². The van der Waals surface area contributed by atoms with E-state index in [0.717, 1.165) is 12.8 Å². The van der Waals surface area contributed by atoms with Gasteiger partial charge in [0.15, 0.2) is 0 Å². The molecule has 1 saturated carbocycles. The van der Waals surface area contributed by atoms with Gasteiger partial charge >= 0.3 is 0 Å². The number of benzene rings is 1. The highest BCUT2D eigenvalue weighted by Gasteiger charge is 2.22. The number of carbonyl (C=O) groups excluding carboxylic acids is 1. The third-order valence-corrected chi connectivity index (χ3v) is 4.95. The summed E-state index contributed by atoms with van der Waals surface area (Å²) in [5.74, 6) is 0.116. The maximum Gasteiger partial charge on any atom is 0.270 e. The molecule has 1 unspecified atom stereocenters. The molecule has 1 atom stereocenters. The summed E-state index contributed by atoms with van der Waals surface area (Å²) in [5, 5.41) is 14.1. The van der Waals surface area contributed by atoms with Crippen LogP contribution >= 0.6 is 11.6 Å². The van der Waals surface area contributed by atoms with Gasteiger partial charge in [-0.3, -0.25) is 14.9 Å². The number of nitro groups is 1. The van der Waals surface area contributed by atoms with Gasteiger partial charge < -0.3 is 5.32 Å². The van der Waals surface area contributed by atoms with E-state index in [0.29, 0.717) is 5.92 Å². The SMILES string of the molecule is CC(NC(=O)c1cc([N+](=O)[O-])ccc1Cl)C1CCCCCCC1. The van der Waals surface area contributed by atoms with Gasteiger partial charge in [0.05, 0.1) is 15.5 Å². The fraction of sp³-hybridized carbons (Fsp3) is 0.588. The van der Waals surface area contributed by atoms with E-state index in [-0.39, 0.29) is 28.2 Å². The zero-order chi connectivity index (χ0) is 16.8. The minimum Gasteiger partial charge on any atom is -0.349 e. The molecule has 0 aliphatic heterocycles. The highest BCUT2D eigenvalue weighted by atomic mass is 35.5. The molecule has 6 heteroatoms. The fourth-order valence-electron chi connectivity index (χ4n) is 3.19. The summed E-state index contributed by atoms with van der Waals surface area (Å²) < 4.78 is 0. The van der Waals surface area contributed by atoms with Crippen LogP contribution in [-0.2, 0) is 0 Å². The lowest BCUT2D eigenvalue weighted by Crippen LogP contribution is -2.38. The van der Waals surface area contributed by atoms with Crippen molar-refractivity contribution in [3.8, 4) is 0 Å². The van der Waals surface area contributed by atoms with E-state index in [4.69, 9.17) is 11.6 Å². The van der Waals surface area contributed by atoms with E-state index in [1.165, 1.54) is 50.3 Å². The predicted molar refractivity (Wildman–Crippen MR) is 90.8 cm³/mol. The number of nitrogens with one attached hydrogen (secondary N) is 1. The lowest BCUT2D eigenvalue weighted by atomic mass is 9.86. The number of amides is 1. The van der Waals surface area contributed by atoms with E-state index in [1.807, 2.05) is 6.92 Å². The number of nitrogens with zero attached hydrogens (tertiary/aromatic N) is 1. The van der Waals surface area contributed by atoms with Crippen molar-refractivity contribution in [1.82, 2.24) is 5.32 Å². The number of non-ortho nitro benzene ring substituents is 1. The molecule has 23 heavy (non-hydrogen) atoms. The molecule has 2 rings (SSSR count). The first-order chi connectivity index (χ1) is 11.0. The van der Waals surface area contributed by atoms with Crippen LogP contribution in [0.4, 0.5) is 5.69 Å². The molecule has 126 valence electrons. The molecule has 1 amide bonds. The lowest BCUT2D eigenvalue weighted by Gasteiger charge is -2.26. The molecule has 0 spiro atoms. The second kappa shape index (κ2) is 8.29. The third-order valence-electron chi connectivity index (χ3n) is 4.62. The molecule has 1 fully saturated rings. The molecule has 1 N–H and O–H groups in total. The number of carbonyl (C=O) groups is 1. The van der Waals surface area contributed by atoms with E-state index >= 15 is 0 Å². The molecule has 0 heterocycles. The maximum absolute atomic E-state index is 12.4. The van der Waals surface area contributed by atoms with Crippen molar-refractivity contribution in [3.05, 3.63) is 38.9 Å². The average Bonchev–Trinajstić information content (AvgIpc) is 2.46. The van der Waals surface area contributed by atoms with Crippen molar-refractivity contribution in [2.45, 2.75) is 57.9 Å². The summed E-state index contributed by atoms with van der Waals surface area (Å²) in [6.45, 7) is 2.01. The Morgan fingerprint density at radius 2 is 1.87 bits per heavy atom. The van der Waals surface area contributed by atoms with Crippen LogP contribution in [0.5, 0.6) is 0 Å². The van der Waals surface area contributed by atoms with Crippen LogP contribution in [0.15, 0.2) is 18.2 Å². The number of hydrogen-bond donors (Lipinski definition) is 1. The van der Waals surface area contributed by atoms with Gasteiger partial charge in [-0.2, -0.15) is 0 Å². The van der Waals surface area contributed by atoms with Crippen LogP contribution in [0.25, 0.3) is 0 Å². The van der Waals surface area contributed by atoms with Gasteiger partial charge in [-0.05, 0) is 31.7 Å². The Morgan fingerprint density at radius 1 is 1.26 bits per heavy atom. The maximum atomic E-state index is 12.4. The first-order valence-electron chi connectivity index (χ1n) is 8.24. The largest absolute Gasteiger partial charge is 0.349 e. The summed E-state index contributed by atoms with van der Waals surface area (Å²) in [7, 11) is 0. The molecular formula is C17H23ClN2O3. The Hall–Kier alpha value is -1.62. The zero-order valence-electron chi connectivity index (χ0n) is 13.4. The topological polar surface area (TPSA) is 72.2 Å². The molecule has 0 aromatic heterocycles. The molecule has 1 aliphatic carbocycles. The second-order valence-corrected chi connectivity index (χ2v) is 6.70. The van der Waals surface area contributed by atoms with Crippen molar-refractivity contribution in [2.24, 2.45) is 5.92 Å². The van der Waals surface area contributed by atoms with Crippen LogP contribution < -0.4 is 5.32 Å². The highest BCUT2D eigenvalue weighted by Crippen LogP contribution is 2.26. The van der Waals surface area contributed by atoms with Gasteiger partial charge in [0.1, 0.15) is 0 Å². The number of nitro benzene ring substituents is 1. The quantitative estimate of drug-likeness (QED) is 0.637. The summed E-state index contributed by atoms with van der Waals surface area (Å²) in [6.07, 6.45) is 8.44. The first-order valence-corrected chi connectivity index (χ1v) is 8.61. The van der Waals surface area contributed by atoms with Gasteiger partial charge in [0.25, 0.3) is 11.6 Å². The minimum atomic E-state index is -0.522. The monoisotopic (exact) mass is 338 g/mol. The summed E-state index contributed by atoms with van der Waals surface area (Å²) in [4.78, 5) is 22.8. The molecular weight excluding hydrogens is 316 g/mol. The Labute approximate surface area is 141 Å². The first kappa shape index (κ1) is 17.7. The average molecular weight is 339 g/mol. The predicted octanol–water partition coefficient (Wildman–Crippen LogP) is 4.73. The van der Waals surface area contributed by atoms with Gasteiger partial charge in [-0.1, -0.05) is 43.7 Å². The standard InChI is InChI=1S/C17H23ClN2O3/c1-12(13-7-5-3-2-4-6-8-13)19-17(21)15-11-14(20(22)23)9-10-16(15)18/h9-13H,2-8H2,1H3,(H,19,21). The van der Waals surface area contributed by atoms with Crippen LogP contribution in [0, 0.1) is 16.0 Å². The molecule has 0 bridgehead atoms. The Morgan fingerprint density at radius 3 is 2.48 bits per heavy atom. The van der Waals surface area contributed by atoms with Crippen molar-refractivity contribution < 1.29 is 9.72 Å². The molecule has 0 saturated heterocycles. The van der Waals surface area contributed by atoms with E-state index in [1.54, 1.807) is 0 Å². The molecule has 1 aliphatic rings. The van der Waals surface area contributed by atoms with Crippen molar-refractivity contribution in [2.75, 3.05) is 0 Å². The third kappa shape index (κ3) is 4.93. The Bertz CT molecular complexity index is 569. The number of halogens is 1. The van der Waals surface area contributed by atoms with Crippen molar-refractivity contribution >= 4 is 23.2 Å². The second-order valence-electron chi connectivity index (χ2n) is 6.29. The molecule has 1 aromatic carbocycles. The minimum absolute atomic E-state index is 0.0379. The molecule has 0 radical (unpaired) electrons. The molecule has 1 aromatic rings. The summed E-state index contributed by atoms with van der Waals surface area (Å²) in [6, 6.07) is 3.98. The van der Waals surface area contributed by atoms with Gasteiger partial charge in [0.2, 0.25) is 0 Å². The number of hydrogen-bond acceptors (Lipinski definition) is 3. The van der Waals surface area contributed by atoms with Crippen molar-refractivity contribution in [3.63, 3.8) is 0 Å². The normalized spacial score (nSPS) is 17.8. The van der Waals surface area contributed by atoms with E-state index < -0.39 is 4.92 Å². The fourth-order valence-corrected chi connectivity index (χ4v) is 3.39. The Balaban J connectivity index is 2.05. The van der Waals surface area contributed by atoms with Crippen LogP contribution in [0.3, 0.4) is 0 Å². The number of rotatable bonds is 4. The summed E-state index contributed by atoms with van der Waals surface area (Å²) in [5.41, 5.74) is 0.0386. The van der Waals surface area contributed by atoms with Crippen molar-refractivity contribution in [1.29, 1.82) is 0 Å². The van der Waals surface area contributed by atoms with E-state index in [2.05, 4.69) is 5.32 Å². The van der Waals surface area contributed by atoms with Gasteiger partial charge in [0, 0.05) is 18.2 Å². The molecule has 5 nitrogen and oxygen atoms in total. The van der Waals surface area contributed by atoms with Gasteiger partial charge in [-0.15, -0.1) is 0 Å². The Kier molecular flexibility index (Phi) is 6.39. The van der Waals surface area contributed by atoms with Crippen LogP contribution in [0.2, 0.25) is 5.02 Å². The van der Waals surface area contributed by atoms with Gasteiger partial charge in [-0.25, -0.2) is 0 Å². The van der Waals surface area contributed by atoms with Crippen LogP contribution in [-0.4, -0.2) is 16.9 Å². The zero-order valence-corrected chi connectivity index (χ0v) is 14.1. The summed E-state index contributed by atoms with van der Waals surface area (Å²) >= 11 is 6.03. The highest BCUT2D eigenvalue weighted by molar-refractivity contribution is 6.33.